The van der Waals surface area contributed by atoms with Gasteiger partial charge in [-0.05, 0) is 6.42 Å². The molecule has 2 nitrogen and oxygen atoms in total. The maximum Gasteiger partial charge on any atom is 0.0583 e. The minimum atomic E-state index is 0.966. The first-order valence-electron chi connectivity index (χ1n) is 4.68. The predicted octanol–water partition coefficient (Wildman–Crippen LogP) is 3.09. The maximum atomic E-state index is 4.03. The molecule has 0 bridgehead atoms. The lowest BCUT2D eigenvalue weighted by atomic mass is 10.4. The van der Waals surface area contributed by atoms with Gasteiger partial charge in [-0.15, -0.1) is 0 Å². The van der Waals surface area contributed by atoms with E-state index < -0.39 is 0 Å². The number of hydrogen-bond donors (Lipinski definition) is 0. The van der Waals surface area contributed by atoms with Crippen LogP contribution in [0.2, 0.25) is 0 Å². The summed E-state index contributed by atoms with van der Waals surface area (Å²) < 4.78 is 0. The van der Waals surface area contributed by atoms with E-state index in [0.29, 0.717) is 0 Å². The first-order chi connectivity index (χ1) is 5.93. The van der Waals surface area contributed by atoms with E-state index in [1.54, 1.807) is 18.6 Å². The first-order valence-corrected chi connectivity index (χ1v) is 4.68. The van der Waals surface area contributed by atoms with Crippen LogP contribution in [-0.2, 0) is 6.42 Å². The van der Waals surface area contributed by atoms with Crippen molar-refractivity contribution in [3.63, 3.8) is 0 Å². The molecule has 0 aliphatic heterocycles. The van der Waals surface area contributed by atoms with Crippen LogP contribution in [0.15, 0.2) is 18.6 Å². The molecule has 1 aromatic rings. The fourth-order valence-electron chi connectivity index (χ4n) is 0.513. The molecule has 0 unspecified atom stereocenters. The average Bonchev–Trinajstić information content (AvgIpc) is 2.25. The molecule has 0 aromatic carbocycles. The van der Waals surface area contributed by atoms with Crippen LogP contribution in [0.1, 0.15) is 40.3 Å². The summed E-state index contributed by atoms with van der Waals surface area (Å²) in [4.78, 5) is 7.93. The van der Waals surface area contributed by atoms with Gasteiger partial charge in [0.2, 0.25) is 0 Å². The smallest absolute Gasteiger partial charge is 0.0583 e. The van der Waals surface area contributed by atoms with Crippen molar-refractivity contribution in [1.82, 2.24) is 9.97 Å². The van der Waals surface area contributed by atoms with Gasteiger partial charge in [0.15, 0.2) is 0 Å². The van der Waals surface area contributed by atoms with Gasteiger partial charge in [-0.3, -0.25) is 9.97 Å². The van der Waals surface area contributed by atoms with Crippen LogP contribution in [0.4, 0.5) is 0 Å². The SMILES string of the molecule is CC.CC.CCc1cnccn1. The van der Waals surface area contributed by atoms with Gasteiger partial charge in [-0.1, -0.05) is 34.6 Å². The van der Waals surface area contributed by atoms with E-state index in [4.69, 9.17) is 0 Å². The van der Waals surface area contributed by atoms with E-state index in [-0.39, 0.29) is 0 Å². The molecule has 0 aliphatic rings. The minimum Gasteiger partial charge on any atom is -0.261 e. The fourth-order valence-corrected chi connectivity index (χ4v) is 0.513. The highest BCUT2D eigenvalue weighted by molar-refractivity contribution is 4.92. The molecule has 2 heteroatoms. The second-order valence-electron chi connectivity index (χ2n) is 1.55. The molecule has 0 saturated carbocycles. The van der Waals surface area contributed by atoms with E-state index in [9.17, 15) is 0 Å². The van der Waals surface area contributed by atoms with Crippen LogP contribution < -0.4 is 0 Å². The van der Waals surface area contributed by atoms with Crippen molar-refractivity contribution in [2.24, 2.45) is 0 Å². The number of nitrogens with zero attached hydrogens (tertiary/aromatic N) is 2. The van der Waals surface area contributed by atoms with Gasteiger partial charge in [0.25, 0.3) is 0 Å². The standard InChI is InChI=1S/C6H8N2.2C2H6/c1-2-6-5-7-3-4-8-6;2*1-2/h3-5H,2H2,1H3;2*1-2H3. The molecule has 0 amide bonds. The summed E-state index contributed by atoms with van der Waals surface area (Å²) in [7, 11) is 0. The van der Waals surface area contributed by atoms with Gasteiger partial charge < -0.3 is 0 Å². The van der Waals surface area contributed by atoms with E-state index in [0.717, 1.165) is 12.1 Å². The zero-order valence-corrected chi connectivity index (χ0v) is 8.83. The molecule has 1 heterocycles. The molecule has 0 atom stereocenters. The Hall–Kier alpha value is -0.920. The summed E-state index contributed by atoms with van der Waals surface area (Å²) in [6.07, 6.45) is 6.13. The van der Waals surface area contributed by atoms with Crippen LogP contribution in [0, 0.1) is 0 Å². The zero-order valence-electron chi connectivity index (χ0n) is 8.83. The molecule has 0 saturated heterocycles. The first kappa shape index (κ1) is 13.7. The molecule has 0 radical (unpaired) electrons. The number of hydrogen-bond acceptors (Lipinski definition) is 2. The molecule has 70 valence electrons. The maximum absolute atomic E-state index is 4.03. The normalized spacial score (nSPS) is 7.08. The Labute approximate surface area is 76.1 Å². The Balaban J connectivity index is 0. The van der Waals surface area contributed by atoms with Crippen molar-refractivity contribution >= 4 is 0 Å². The highest BCUT2D eigenvalue weighted by atomic mass is 14.8. The van der Waals surface area contributed by atoms with Crippen LogP contribution >= 0.6 is 0 Å². The topological polar surface area (TPSA) is 25.8 Å². The predicted molar refractivity (Wildman–Crippen MR) is 54.1 cm³/mol. The number of aryl methyl sites for hydroxylation is 1. The third kappa shape index (κ3) is 7.19. The molecular weight excluding hydrogens is 148 g/mol. The van der Waals surface area contributed by atoms with Crippen LogP contribution in [0.3, 0.4) is 0 Å². The monoisotopic (exact) mass is 168 g/mol. The Morgan fingerprint density at radius 2 is 1.67 bits per heavy atom. The summed E-state index contributed by atoms with van der Waals surface area (Å²) in [5, 5.41) is 0. The van der Waals surface area contributed by atoms with Crippen molar-refractivity contribution in [3.05, 3.63) is 24.3 Å². The Bertz CT molecular complexity index is 149. The lowest BCUT2D eigenvalue weighted by Crippen LogP contribution is -1.84. The largest absolute Gasteiger partial charge is 0.261 e. The molecule has 0 fully saturated rings. The highest BCUT2D eigenvalue weighted by Gasteiger charge is 1.82. The van der Waals surface area contributed by atoms with Gasteiger partial charge in [0.05, 0.1) is 5.69 Å². The second kappa shape index (κ2) is 12.7. The van der Waals surface area contributed by atoms with E-state index in [2.05, 4.69) is 16.9 Å². The van der Waals surface area contributed by atoms with Crippen LogP contribution in [-0.4, -0.2) is 9.97 Å². The van der Waals surface area contributed by atoms with Crippen LogP contribution in [0.5, 0.6) is 0 Å². The lowest BCUT2D eigenvalue weighted by Gasteiger charge is -1.88. The molecule has 1 aromatic heterocycles. The van der Waals surface area contributed by atoms with E-state index >= 15 is 0 Å². The van der Waals surface area contributed by atoms with Crippen molar-refractivity contribution < 1.29 is 0 Å². The molecule has 1 rings (SSSR count). The summed E-state index contributed by atoms with van der Waals surface area (Å²) in [5.41, 5.74) is 1.05. The van der Waals surface area contributed by atoms with Crippen molar-refractivity contribution in [1.29, 1.82) is 0 Å². The highest BCUT2D eigenvalue weighted by Crippen LogP contribution is 1.87. The van der Waals surface area contributed by atoms with Gasteiger partial charge in [0, 0.05) is 18.6 Å². The van der Waals surface area contributed by atoms with Crippen LogP contribution in [0.25, 0.3) is 0 Å². The van der Waals surface area contributed by atoms with Gasteiger partial charge >= 0.3 is 0 Å². The average molecular weight is 168 g/mol. The Morgan fingerprint density at radius 3 is 1.92 bits per heavy atom. The Kier molecular flexibility index (Phi) is 14.5. The Morgan fingerprint density at radius 1 is 1.08 bits per heavy atom. The molecule has 0 aliphatic carbocycles. The summed E-state index contributed by atoms with van der Waals surface area (Å²) >= 11 is 0. The molecular formula is C10H20N2. The van der Waals surface area contributed by atoms with E-state index in [1.807, 2.05) is 27.7 Å². The zero-order chi connectivity index (χ0) is 9.82. The van der Waals surface area contributed by atoms with Crippen molar-refractivity contribution in [3.8, 4) is 0 Å². The van der Waals surface area contributed by atoms with Gasteiger partial charge in [-0.25, -0.2) is 0 Å². The third-order valence-corrected chi connectivity index (χ3v) is 0.979. The lowest BCUT2D eigenvalue weighted by molar-refractivity contribution is 1.000. The molecule has 12 heavy (non-hydrogen) atoms. The summed E-state index contributed by atoms with van der Waals surface area (Å²) in [5.74, 6) is 0. The molecule has 0 spiro atoms. The van der Waals surface area contributed by atoms with Gasteiger partial charge in [-0.2, -0.15) is 0 Å². The number of rotatable bonds is 1. The minimum absolute atomic E-state index is 0.966. The fraction of sp³-hybridized carbons (Fsp3) is 0.600. The number of aromatic nitrogens is 2. The third-order valence-electron chi connectivity index (χ3n) is 0.979. The van der Waals surface area contributed by atoms with Crippen molar-refractivity contribution in [2.45, 2.75) is 41.0 Å². The second-order valence-corrected chi connectivity index (χ2v) is 1.55. The van der Waals surface area contributed by atoms with E-state index in [1.165, 1.54) is 0 Å². The van der Waals surface area contributed by atoms with Gasteiger partial charge in [0.1, 0.15) is 0 Å². The summed E-state index contributed by atoms with van der Waals surface area (Å²) in [6, 6.07) is 0. The quantitative estimate of drug-likeness (QED) is 0.644. The summed E-state index contributed by atoms with van der Waals surface area (Å²) in [6.45, 7) is 10.1. The molecule has 0 N–H and O–H groups in total. The van der Waals surface area contributed by atoms with Crippen molar-refractivity contribution in [2.75, 3.05) is 0 Å².